The van der Waals surface area contributed by atoms with Crippen LogP contribution in [0.15, 0.2) is 30.3 Å². The molecule has 0 aliphatic heterocycles. The topological polar surface area (TPSA) is 46.3 Å². The quantitative estimate of drug-likeness (QED) is 0.882. The van der Waals surface area contributed by atoms with Crippen molar-refractivity contribution >= 4 is 5.91 Å². The number of hydrogen-bond donors (Lipinski definition) is 1. The Morgan fingerprint density at radius 1 is 1.32 bits per heavy atom. The van der Waals surface area contributed by atoms with Gasteiger partial charge in [-0.05, 0) is 30.7 Å². The first-order valence-corrected chi connectivity index (χ1v) is 7.21. The van der Waals surface area contributed by atoms with Gasteiger partial charge in [0.2, 0.25) is 5.91 Å². The Morgan fingerprint density at radius 2 is 1.95 bits per heavy atom. The fraction of sp³-hybridized carbons (Fsp3) is 0.562. The zero-order valence-electron chi connectivity index (χ0n) is 11.7. The second-order valence-corrected chi connectivity index (χ2v) is 5.67. The number of hydrogen-bond acceptors (Lipinski definition) is 2. The summed E-state index contributed by atoms with van der Waals surface area (Å²) in [6.45, 7) is 0.862. The average Bonchev–Trinajstić information content (AvgIpc) is 2.91. The van der Waals surface area contributed by atoms with Crippen molar-refractivity contribution < 1.29 is 4.79 Å². The van der Waals surface area contributed by atoms with Gasteiger partial charge in [-0.1, -0.05) is 43.2 Å². The van der Waals surface area contributed by atoms with Crippen molar-refractivity contribution in [1.82, 2.24) is 4.90 Å². The molecule has 2 rings (SSSR count). The molecule has 1 saturated carbocycles. The Hall–Kier alpha value is -1.35. The number of benzene rings is 1. The van der Waals surface area contributed by atoms with Crippen molar-refractivity contribution in [2.45, 2.75) is 38.1 Å². The van der Waals surface area contributed by atoms with Crippen molar-refractivity contribution in [1.29, 1.82) is 0 Å². The molecule has 0 radical (unpaired) electrons. The number of carbonyl (C=O) groups excluding carboxylic acids is 1. The highest BCUT2D eigenvalue weighted by atomic mass is 16.2. The highest BCUT2D eigenvalue weighted by Crippen LogP contribution is 2.25. The largest absolute Gasteiger partial charge is 0.344 e. The zero-order valence-corrected chi connectivity index (χ0v) is 11.7. The molecule has 2 N–H and O–H groups in total. The molecule has 1 aliphatic rings. The van der Waals surface area contributed by atoms with Crippen molar-refractivity contribution in [2.75, 3.05) is 13.6 Å². The van der Waals surface area contributed by atoms with Gasteiger partial charge in [0.15, 0.2) is 0 Å². The van der Waals surface area contributed by atoms with Crippen molar-refractivity contribution in [3.63, 3.8) is 0 Å². The molecular weight excluding hydrogens is 236 g/mol. The molecule has 0 aromatic heterocycles. The van der Waals surface area contributed by atoms with Gasteiger partial charge in [-0.25, -0.2) is 0 Å². The number of rotatable bonds is 5. The summed E-state index contributed by atoms with van der Waals surface area (Å²) < 4.78 is 0. The van der Waals surface area contributed by atoms with Crippen molar-refractivity contribution in [2.24, 2.45) is 11.7 Å². The molecule has 1 aromatic carbocycles. The van der Waals surface area contributed by atoms with E-state index in [2.05, 4.69) is 0 Å². The smallest absolute Gasteiger partial charge is 0.239 e. The third-order valence-electron chi connectivity index (χ3n) is 4.00. The summed E-state index contributed by atoms with van der Waals surface area (Å²) >= 11 is 0. The Balaban J connectivity index is 1.84. The summed E-state index contributed by atoms with van der Waals surface area (Å²) in [7, 11) is 1.88. The minimum atomic E-state index is -0.422. The highest BCUT2D eigenvalue weighted by molar-refractivity contribution is 5.81. The predicted molar refractivity (Wildman–Crippen MR) is 77.7 cm³/mol. The maximum atomic E-state index is 12.2. The highest BCUT2D eigenvalue weighted by Gasteiger charge is 2.23. The van der Waals surface area contributed by atoms with Crippen LogP contribution in [-0.4, -0.2) is 30.4 Å². The number of nitrogens with zero attached hydrogens (tertiary/aromatic N) is 1. The lowest BCUT2D eigenvalue weighted by atomic mass is 10.0. The zero-order chi connectivity index (χ0) is 13.7. The Kier molecular flexibility index (Phi) is 4.97. The van der Waals surface area contributed by atoms with Gasteiger partial charge in [0.1, 0.15) is 0 Å². The Labute approximate surface area is 115 Å². The summed E-state index contributed by atoms with van der Waals surface area (Å²) in [6, 6.07) is 9.55. The molecule has 19 heavy (non-hydrogen) atoms. The molecule has 1 atom stereocenters. The molecule has 1 fully saturated rings. The second-order valence-electron chi connectivity index (χ2n) is 5.67. The van der Waals surface area contributed by atoms with Crippen LogP contribution >= 0.6 is 0 Å². The maximum absolute atomic E-state index is 12.2. The van der Waals surface area contributed by atoms with Gasteiger partial charge in [-0.15, -0.1) is 0 Å². The van der Waals surface area contributed by atoms with Crippen LogP contribution < -0.4 is 5.73 Å². The minimum Gasteiger partial charge on any atom is -0.344 e. The van der Waals surface area contributed by atoms with Gasteiger partial charge in [0.05, 0.1) is 6.04 Å². The molecule has 3 heteroatoms. The minimum absolute atomic E-state index is 0.0655. The number of likely N-dealkylation sites (N-methyl/N-ethyl adjacent to an activating group) is 1. The molecule has 1 amide bonds. The third-order valence-corrected chi connectivity index (χ3v) is 4.00. The molecule has 0 spiro atoms. The molecule has 0 bridgehead atoms. The first-order chi connectivity index (χ1) is 9.16. The predicted octanol–water partition coefficient (Wildman–Crippen LogP) is 2.21. The number of nitrogens with two attached hydrogens (primary N) is 1. The molecule has 104 valence electrons. The normalized spacial score (nSPS) is 17.4. The van der Waals surface area contributed by atoms with Crippen LogP contribution in [0.4, 0.5) is 0 Å². The van der Waals surface area contributed by atoms with E-state index >= 15 is 0 Å². The first-order valence-electron chi connectivity index (χ1n) is 7.21. The summed E-state index contributed by atoms with van der Waals surface area (Å²) in [4.78, 5) is 14.1. The molecule has 1 aromatic rings. The third kappa shape index (κ3) is 4.06. The fourth-order valence-electron chi connectivity index (χ4n) is 2.91. The van der Waals surface area contributed by atoms with Crippen molar-refractivity contribution in [3.8, 4) is 0 Å². The summed E-state index contributed by atoms with van der Waals surface area (Å²) in [5, 5.41) is 0. The van der Waals surface area contributed by atoms with Crippen LogP contribution in [0.5, 0.6) is 0 Å². The van der Waals surface area contributed by atoms with E-state index in [-0.39, 0.29) is 5.91 Å². The van der Waals surface area contributed by atoms with E-state index in [1.54, 1.807) is 0 Å². The van der Waals surface area contributed by atoms with Gasteiger partial charge >= 0.3 is 0 Å². The van der Waals surface area contributed by atoms with E-state index in [0.717, 1.165) is 12.1 Å². The van der Waals surface area contributed by atoms with E-state index in [1.165, 1.54) is 25.7 Å². The number of carbonyl (C=O) groups is 1. The number of amides is 1. The Morgan fingerprint density at radius 3 is 2.58 bits per heavy atom. The summed E-state index contributed by atoms with van der Waals surface area (Å²) in [5.74, 6) is 0.744. The van der Waals surface area contributed by atoms with E-state index in [0.29, 0.717) is 12.3 Å². The van der Waals surface area contributed by atoms with Gasteiger partial charge in [-0.2, -0.15) is 0 Å². The van der Waals surface area contributed by atoms with E-state index in [9.17, 15) is 4.79 Å². The summed E-state index contributed by atoms with van der Waals surface area (Å²) in [5.41, 5.74) is 7.16. The monoisotopic (exact) mass is 260 g/mol. The second kappa shape index (κ2) is 6.71. The van der Waals surface area contributed by atoms with E-state index in [4.69, 9.17) is 5.73 Å². The fourth-order valence-corrected chi connectivity index (χ4v) is 2.91. The van der Waals surface area contributed by atoms with Crippen LogP contribution in [0.25, 0.3) is 0 Å². The SMILES string of the molecule is CN(CC1CCCC1)C(=O)[C@@H](N)Cc1ccccc1. The summed E-state index contributed by atoms with van der Waals surface area (Å²) in [6.07, 6.45) is 5.75. The maximum Gasteiger partial charge on any atom is 0.239 e. The molecule has 3 nitrogen and oxygen atoms in total. The van der Waals surface area contributed by atoms with Crippen LogP contribution in [0.1, 0.15) is 31.2 Å². The van der Waals surface area contributed by atoms with E-state index < -0.39 is 6.04 Å². The van der Waals surface area contributed by atoms with Crippen LogP contribution in [0.3, 0.4) is 0 Å². The standard InChI is InChI=1S/C16H24N2O/c1-18(12-14-9-5-6-10-14)16(19)15(17)11-13-7-3-2-4-8-13/h2-4,7-8,14-15H,5-6,9-12,17H2,1H3/t15-/m0/s1. The average molecular weight is 260 g/mol. The van der Waals surface area contributed by atoms with Crippen molar-refractivity contribution in [3.05, 3.63) is 35.9 Å². The lowest BCUT2D eigenvalue weighted by Crippen LogP contribution is -2.44. The van der Waals surface area contributed by atoms with Gasteiger partial charge < -0.3 is 10.6 Å². The Bertz CT molecular complexity index is 398. The van der Waals surface area contributed by atoms with Gasteiger partial charge in [0.25, 0.3) is 0 Å². The van der Waals surface area contributed by atoms with E-state index in [1.807, 2.05) is 42.3 Å². The first kappa shape index (κ1) is 14.1. The lowest BCUT2D eigenvalue weighted by Gasteiger charge is -2.24. The van der Waals surface area contributed by atoms with Crippen LogP contribution in [-0.2, 0) is 11.2 Å². The van der Waals surface area contributed by atoms with Crippen LogP contribution in [0, 0.1) is 5.92 Å². The molecule has 0 saturated heterocycles. The van der Waals surface area contributed by atoms with Crippen LogP contribution in [0.2, 0.25) is 0 Å². The molecular formula is C16H24N2O. The van der Waals surface area contributed by atoms with Gasteiger partial charge in [-0.3, -0.25) is 4.79 Å². The van der Waals surface area contributed by atoms with Gasteiger partial charge in [0, 0.05) is 13.6 Å². The molecule has 0 unspecified atom stereocenters. The molecule has 1 aliphatic carbocycles. The lowest BCUT2D eigenvalue weighted by molar-refractivity contribution is -0.131. The molecule has 0 heterocycles.